The zero-order valence-electron chi connectivity index (χ0n) is 14.0. The number of ether oxygens (including phenoxy) is 1. The lowest BCUT2D eigenvalue weighted by atomic mass is 9.57. The van der Waals surface area contributed by atoms with Crippen LogP contribution in [0, 0.1) is 31.1 Å². The third kappa shape index (κ3) is 2.64. The lowest BCUT2D eigenvalue weighted by Gasteiger charge is -2.55. The van der Waals surface area contributed by atoms with Crippen molar-refractivity contribution in [1.29, 1.82) is 0 Å². The van der Waals surface area contributed by atoms with E-state index in [0.717, 1.165) is 31.3 Å². The molecule has 1 saturated carbocycles. The van der Waals surface area contributed by atoms with Crippen molar-refractivity contribution in [3.63, 3.8) is 0 Å². The molecule has 1 aromatic heterocycles. The van der Waals surface area contributed by atoms with Crippen LogP contribution in [0.3, 0.4) is 0 Å². The molecule has 0 spiro atoms. The molecule has 0 amide bonds. The summed E-state index contributed by atoms with van der Waals surface area (Å²) < 4.78 is 8.00. The summed E-state index contributed by atoms with van der Waals surface area (Å²) in [6.45, 7) is 14.2. The normalized spacial score (nSPS) is 31.8. The first kappa shape index (κ1) is 15.0. The molecule has 4 heteroatoms. The summed E-state index contributed by atoms with van der Waals surface area (Å²) in [4.78, 5) is 0. The molecule has 2 aliphatic rings. The van der Waals surface area contributed by atoms with Crippen LogP contribution in [-0.2, 0) is 11.3 Å². The number of nitrogens with zero attached hydrogens (tertiary/aromatic N) is 2. The van der Waals surface area contributed by atoms with E-state index < -0.39 is 0 Å². The minimum atomic E-state index is 0.277. The predicted molar refractivity (Wildman–Crippen MR) is 84.3 cm³/mol. The van der Waals surface area contributed by atoms with Gasteiger partial charge in [-0.3, -0.25) is 4.68 Å². The highest BCUT2D eigenvalue weighted by atomic mass is 16.5. The molecule has 4 atom stereocenters. The van der Waals surface area contributed by atoms with Crippen LogP contribution in [0.2, 0.25) is 0 Å². The summed E-state index contributed by atoms with van der Waals surface area (Å²) in [7, 11) is 0. The van der Waals surface area contributed by atoms with E-state index in [0.29, 0.717) is 18.1 Å². The molecular formula is C17H29N3O. The number of hydrogen-bond donors (Lipinski definition) is 1. The summed E-state index contributed by atoms with van der Waals surface area (Å²) in [5, 5.41) is 8.37. The highest BCUT2D eigenvalue weighted by molar-refractivity contribution is 5.11. The predicted octanol–water partition coefficient (Wildman–Crippen LogP) is 2.54. The highest BCUT2D eigenvalue weighted by Gasteiger charge is 2.58. The van der Waals surface area contributed by atoms with E-state index >= 15 is 0 Å². The van der Waals surface area contributed by atoms with E-state index in [1.165, 1.54) is 12.1 Å². The average Bonchev–Trinajstić information content (AvgIpc) is 2.95. The van der Waals surface area contributed by atoms with Gasteiger partial charge in [0.1, 0.15) is 0 Å². The van der Waals surface area contributed by atoms with Crippen LogP contribution < -0.4 is 5.32 Å². The molecule has 3 rings (SSSR count). The van der Waals surface area contributed by atoms with E-state index in [1.54, 1.807) is 0 Å². The molecule has 0 aromatic carbocycles. The number of aromatic nitrogens is 2. The number of nitrogens with one attached hydrogen (secondary N) is 1. The largest absolute Gasteiger partial charge is 0.377 e. The second kappa shape index (κ2) is 5.40. The van der Waals surface area contributed by atoms with Gasteiger partial charge in [-0.2, -0.15) is 5.10 Å². The molecule has 1 saturated heterocycles. The van der Waals surface area contributed by atoms with Crippen LogP contribution in [0.25, 0.3) is 0 Å². The Morgan fingerprint density at radius 1 is 1.48 bits per heavy atom. The van der Waals surface area contributed by atoms with Gasteiger partial charge in [0, 0.05) is 36.2 Å². The van der Waals surface area contributed by atoms with Crippen molar-refractivity contribution in [2.75, 3.05) is 13.2 Å². The zero-order valence-corrected chi connectivity index (χ0v) is 14.0. The van der Waals surface area contributed by atoms with Crippen molar-refractivity contribution in [1.82, 2.24) is 15.1 Å². The maximum Gasteiger partial charge on any atom is 0.0685 e. The molecule has 21 heavy (non-hydrogen) atoms. The van der Waals surface area contributed by atoms with Crippen molar-refractivity contribution >= 4 is 0 Å². The summed E-state index contributed by atoms with van der Waals surface area (Å²) in [5.74, 6) is 1.31. The fourth-order valence-corrected chi connectivity index (χ4v) is 4.29. The van der Waals surface area contributed by atoms with Gasteiger partial charge >= 0.3 is 0 Å². The van der Waals surface area contributed by atoms with Crippen molar-refractivity contribution < 1.29 is 4.74 Å². The third-order valence-corrected chi connectivity index (χ3v) is 5.37. The van der Waals surface area contributed by atoms with E-state index in [1.807, 2.05) is 0 Å². The van der Waals surface area contributed by atoms with Crippen LogP contribution >= 0.6 is 0 Å². The third-order valence-electron chi connectivity index (χ3n) is 5.37. The first-order valence-electron chi connectivity index (χ1n) is 8.25. The van der Waals surface area contributed by atoms with E-state index in [-0.39, 0.29) is 5.41 Å². The van der Waals surface area contributed by atoms with Gasteiger partial charge in [0.05, 0.1) is 11.8 Å². The van der Waals surface area contributed by atoms with E-state index in [4.69, 9.17) is 4.74 Å². The van der Waals surface area contributed by atoms with Gasteiger partial charge < -0.3 is 10.1 Å². The second-order valence-electron chi connectivity index (χ2n) is 7.67. The zero-order chi connectivity index (χ0) is 15.2. The van der Waals surface area contributed by atoms with Gasteiger partial charge in [0.25, 0.3) is 0 Å². The smallest absolute Gasteiger partial charge is 0.0685 e. The lowest BCUT2D eigenvalue weighted by Crippen LogP contribution is -2.66. The summed E-state index contributed by atoms with van der Waals surface area (Å²) in [6.07, 6.45) is 1.69. The monoisotopic (exact) mass is 291 g/mol. The Morgan fingerprint density at radius 2 is 2.24 bits per heavy atom. The topological polar surface area (TPSA) is 39.1 Å². The van der Waals surface area contributed by atoms with Crippen LogP contribution in [-0.4, -0.2) is 35.1 Å². The molecule has 1 aromatic rings. The number of aryl methyl sites for hydroxylation is 2. The summed E-state index contributed by atoms with van der Waals surface area (Å²) in [6, 6.07) is 2.75. The fourth-order valence-electron chi connectivity index (χ4n) is 4.29. The number of hydrogen-bond acceptors (Lipinski definition) is 3. The van der Waals surface area contributed by atoms with E-state index in [9.17, 15) is 0 Å². The standard InChI is InChI=1S/C17H29N3O/c1-11(10-20-13(3)8-12(2)19-20)9-18-15-14-6-7-21-16(14)17(15,4)5/h8,11,14-16,18H,6-7,9-10H2,1-5H3/t11-,14+,15-,16+/m1/s1. The lowest BCUT2D eigenvalue weighted by molar-refractivity contribution is -0.113. The van der Waals surface area contributed by atoms with Gasteiger partial charge in [-0.15, -0.1) is 0 Å². The Morgan fingerprint density at radius 3 is 2.90 bits per heavy atom. The van der Waals surface area contributed by atoms with Crippen molar-refractivity contribution in [2.45, 2.75) is 59.7 Å². The van der Waals surface area contributed by atoms with Gasteiger partial charge in [-0.1, -0.05) is 20.8 Å². The van der Waals surface area contributed by atoms with Crippen molar-refractivity contribution in [2.24, 2.45) is 17.3 Å². The molecule has 0 unspecified atom stereocenters. The molecule has 2 fully saturated rings. The van der Waals surface area contributed by atoms with Crippen LogP contribution in [0.5, 0.6) is 0 Å². The minimum absolute atomic E-state index is 0.277. The maximum atomic E-state index is 5.86. The number of fused-ring (bicyclic) bond motifs is 1. The molecule has 0 bridgehead atoms. The van der Waals surface area contributed by atoms with Crippen molar-refractivity contribution in [3.8, 4) is 0 Å². The van der Waals surface area contributed by atoms with Gasteiger partial charge in [0.2, 0.25) is 0 Å². The SMILES string of the molecule is Cc1cc(C)n(C[C@H](C)CN[C@@H]2[C@@H]3CCO[C@@H]3C2(C)C)n1. The Kier molecular flexibility index (Phi) is 3.87. The first-order valence-corrected chi connectivity index (χ1v) is 8.25. The Bertz CT molecular complexity index is 508. The molecule has 0 radical (unpaired) electrons. The molecule has 1 N–H and O–H groups in total. The summed E-state index contributed by atoms with van der Waals surface area (Å²) in [5.41, 5.74) is 2.64. The Balaban J connectivity index is 1.52. The molecule has 4 nitrogen and oxygen atoms in total. The van der Waals surface area contributed by atoms with Gasteiger partial charge in [0.15, 0.2) is 0 Å². The Hall–Kier alpha value is -0.870. The Labute approximate surface area is 128 Å². The average molecular weight is 291 g/mol. The highest BCUT2D eigenvalue weighted by Crippen LogP contribution is 2.52. The molecule has 1 aliphatic heterocycles. The van der Waals surface area contributed by atoms with Crippen LogP contribution in [0.1, 0.15) is 38.6 Å². The maximum absolute atomic E-state index is 5.86. The number of rotatable bonds is 5. The van der Waals surface area contributed by atoms with Crippen LogP contribution in [0.4, 0.5) is 0 Å². The summed E-state index contributed by atoms with van der Waals surface area (Å²) >= 11 is 0. The van der Waals surface area contributed by atoms with Gasteiger partial charge in [-0.05, 0) is 38.8 Å². The van der Waals surface area contributed by atoms with Gasteiger partial charge in [-0.25, -0.2) is 0 Å². The quantitative estimate of drug-likeness (QED) is 0.906. The molecule has 118 valence electrons. The molecular weight excluding hydrogens is 262 g/mol. The fraction of sp³-hybridized carbons (Fsp3) is 0.824. The molecule has 2 heterocycles. The minimum Gasteiger partial charge on any atom is -0.377 e. The second-order valence-corrected chi connectivity index (χ2v) is 7.67. The first-order chi connectivity index (χ1) is 9.89. The molecule has 1 aliphatic carbocycles. The van der Waals surface area contributed by atoms with Crippen molar-refractivity contribution in [3.05, 3.63) is 17.5 Å². The van der Waals surface area contributed by atoms with E-state index in [2.05, 4.69) is 55.8 Å². The van der Waals surface area contributed by atoms with Crippen LogP contribution in [0.15, 0.2) is 6.07 Å².